The van der Waals surface area contributed by atoms with E-state index in [1.54, 1.807) is 33.8 Å². The molecule has 0 fully saturated rings. The molecule has 2 aromatic carbocycles. The Balaban J connectivity index is 2.34. The molecule has 1 amide bonds. The number of anilines is 1. The monoisotopic (exact) mass is 390 g/mol. The number of sulfonamides is 1. The van der Waals surface area contributed by atoms with E-state index >= 15 is 0 Å². The number of carboxylic acids is 1. The van der Waals surface area contributed by atoms with Crippen LogP contribution in [0.1, 0.15) is 45.7 Å². The number of rotatable bonds is 6. The first kappa shape index (κ1) is 20.6. The SMILES string of the molecule is Cc1cc(C)c(C(=O)O)cc1NC(=O)c1cccc(S(=O)(=O)NC(C)C)c1. The molecule has 2 rings (SSSR count). The molecule has 0 unspecified atom stereocenters. The Morgan fingerprint density at radius 1 is 1.04 bits per heavy atom. The van der Waals surface area contributed by atoms with E-state index in [1.807, 2.05) is 0 Å². The largest absolute Gasteiger partial charge is 0.478 e. The van der Waals surface area contributed by atoms with E-state index in [2.05, 4.69) is 10.0 Å². The molecule has 0 aromatic heterocycles. The summed E-state index contributed by atoms with van der Waals surface area (Å²) >= 11 is 0. The average Bonchev–Trinajstić information content (AvgIpc) is 2.55. The second kappa shape index (κ2) is 7.89. The van der Waals surface area contributed by atoms with Gasteiger partial charge in [0.05, 0.1) is 10.5 Å². The minimum Gasteiger partial charge on any atom is -0.478 e. The number of hydrogen-bond donors (Lipinski definition) is 3. The Morgan fingerprint density at radius 2 is 1.70 bits per heavy atom. The molecule has 27 heavy (non-hydrogen) atoms. The predicted molar refractivity (Wildman–Crippen MR) is 103 cm³/mol. The van der Waals surface area contributed by atoms with Gasteiger partial charge in [0.25, 0.3) is 5.91 Å². The van der Waals surface area contributed by atoms with Crippen LogP contribution in [0.4, 0.5) is 5.69 Å². The fraction of sp³-hybridized carbons (Fsp3) is 0.263. The maximum absolute atomic E-state index is 12.6. The summed E-state index contributed by atoms with van der Waals surface area (Å²) < 4.78 is 27.0. The zero-order valence-electron chi connectivity index (χ0n) is 15.5. The second-order valence-electron chi connectivity index (χ2n) is 6.55. The third-order valence-electron chi connectivity index (χ3n) is 3.85. The Morgan fingerprint density at radius 3 is 2.30 bits per heavy atom. The zero-order chi connectivity index (χ0) is 20.4. The maximum atomic E-state index is 12.6. The smallest absolute Gasteiger partial charge is 0.336 e. The molecule has 0 aliphatic carbocycles. The summed E-state index contributed by atoms with van der Waals surface area (Å²) in [5.74, 6) is -1.62. The number of carbonyl (C=O) groups is 2. The molecule has 0 aliphatic rings. The van der Waals surface area contributed by atoms with Gasteiger partial charge >= 0.3 is 5.97 Å². The summed E-state index contributed by atoms with van der Waals surface area (Å²) in [7, 11) is -3.73. The van der Waals surface area contributed by atoms with Crippen LogP contribution in [0.3, 0.4) is 0 Å². The van der Waals surface area contributed by atoms with E-state index in [1.165, 1.54) is 30.3 Å². The van der Waals surface area contributed by atoms with Crippen LogP contribution in [0.25, 0.3) is 0 Å². The number of carboxylic acid groups (broad SMARTS) is 1. The highest BCUT2D eigenvalue weighted by atomic mass is 32.2. The van der Waals surface area contributed by atoms with Crippen molar-refractivity contribution in [1.82, 2.24) is 4.72 Å². The van der Waals surface area contributed by atoms with Crippen molar-refractivity contribution in [2.24, 2.45) is 0 Å². The third-order valence-corrected chi connectivity index (χ3v) is 5.50. The van der Waals surface area contributed by atoms with Gasteiger partial charge in [0.1, 0.15) is 0 Å². The van der Waals surface area contributed by atoms with E-state index in [4.69, 9.17) is 0 Å². The molecule has 144 valence electrons. The summed E-state index contributed by atoms with van der Waals surface area (Å²) in [4.78, 5) is 23.8. The number of aromatic carboxylic acids is 1. The molecular weight excluding hydrogens is 368 g/mol. The number of benzene rings is 2. The van der Waals surface area contributed by atoms with Gasteiger partial charge in [-0.2, -0.15) is 0 Å². The van der Waals surface area contributed by atoms with Crippen molar-refractivity contribution >= 4 is 27.6 Å². The van der Waals surface area contributed by atoms with Crippen molar-refractivity contribution in [1.29, 1.82) is 0 Å². The average molecular weight is 390 g/mol. The van der Waals surface area contributed by atoms with Gasteiger partial charge in [-0.05, 0) is 63.1 Å². The van der Waals surface area contributed by atoms with Crippen LogP contribution in [-0.4, -0.2) is 31.4 Å². The van der Waals surface area contributed by atoms with Crippen LogP contribution in [-0.2, 0) is 10.0 Å². The van der Waals surface area contributed by atoms with Crippen molar-refractivity contribution in [3.8, 4) is 0 Å². The maximum Gasteiger partial charge on any atom is 0.336 e. The van der Waals surface area contributed by atoms with Crippen LogP contribution >= 0.6 is 0 Å². The van der Waals surface area contributed by atoms with E-state index in [0.717, 1.165) is 0 Å². The summed E-state index contributed by atoms with van der Waals surface area (Å²) in [6, 6.07) is 8.44. The standard InChI is InChI=1S/C19H22N2O5S/c1-11(2)21-27(25,26)15-7-5-6-14(9-15)18(22)20-17-10-16(19(23)24)12(3)8-13(17)4/h5-11,21H,1-4H3,(H,20,22)(H,23,24). The highest BCUT2D eigenvalue weighted by molar-refractivity contribution is 7.89. The minimum absolute atomic E-state index is 0.0179. The van der Waals surface area contributed by atoms with Crippen LogP contribution < -0.4 is 10.0 Å². The van der Waals surface area contributed by atoms with E-state index in [0.29, 0.717) is 16.8 Å². The minimum atomic E-state index is -3.73. The molecule has 8 heteroatoms. The van der Waals surface area contributed by atoms with Gasteiger partial charge in [-0.15, -0.1) is 0 Å². The van der Waals surface area contributed by atoms with Crippen molar-refractivity contribution in [3.63, 3.8) is 0 Å². The molecule has 0 radical (unpaired) electrons. The van der Waals surface area contributed by atoms with Crippen LogP contribution in [0, 0.1) is 13.8 Å². The van der Waals surface area contributed by atoms with Crippen molar-refractivity contribution in [2.45, 2.75) is 38.6 Å². The normalized spacial score (nSPS) is 11.4. The van der Waals surface area contributed by atoms with Crippen LogP contribution in [0.2, 0.25) is 0 Å². The first-order chi connectivity index (χ1) is 12.5. The molecule has 0 saturated heterocycles. The summed E-state index contributed by atoms with van der Waals surface area (Å²) in [5.41, 5.74) is 1.89. The first-order valence-corrected chi connectivity index (χ1v) is 9.78. The Bertz CT molecular complexity index is 997. The van der Waals surface area contributed by atoms with Gasteiger partial charge in [0, 0.05) is 17.3 Å². The molecular formula is C19H22N2O5S. The Labute approximate surface area is 158 Å². The predicted octanol–water partition coefficient (Wildman–Crippen LogP) is 2.94. The van der Waals surface area contributed by atoms with Crippen LogP contribution in [0.15, 0.2) is 41.3 Å². The highest BCUT2D eigenvalue weighted by Gasteiger charge is 2.18. The van der Waals surface area contributed by atoms with E-state index in [9.17, 15) is 23.1 Å². The number of aryl methyl sites for hydroxylation is 2. The van der Waals surface area contributed by atoms with Gasteiger partial charge in [-0.1, -0.05) is 12.1 Å². The van der Waals surface area contributed by atoms with E-state index in [-0.39, 0.29) is 22.1 Å². The zero-order valence-corrected chi connectivity index (χ0v) is 16.3. The number of nitrogens with one attached hydrogen (secondary N) is 2. The van der Waals surface area contributed by atoms with E-state index < -0.39 is 21.9 Å². The number of carbonyl (C=O) groups excluding carboxylic acids is 1. The molecule has 0 heterocycles. The lowest BCUT2D eigenvalue weighted by Crippen LogP contribution is -2.30. The molecule has 0 atom stereocenters. The fourth-order valence-electron chi connectivity index (χ4n) is 2.59. The first-order valence-electron chi connectivity index (χ1n) is 8.29. The summed E-state index contributed by atoms with van der Waals surface area (Å²) in [6.07, 6.45) is 0. The topological polar surface area (TPSA) is 113 Å². The lowest BCUT2D eigenvalue weighted by Gasteiger charge is -2.13. The van der Waals surface area contributed by atoms with Crippen molar-refractivity contribution < 1.29 is 23.1 Å². The lowest BCUT2D eigenvalue weighted by atomic mass is 10.0. The van der Waals surface area contributed by atoms with Crippen LogP contribution in [0.5, 0.6) is 0 Å². The second-order valence-corrected chi connectivity index (χ2v) is 8.26. The molecule has 3 N–H and O–H groups in total. The molecule has 0 aliphatic heterocycles. The van der Waals surface area contributed by atoms with Crippen molar-refractivity contribution in [3.05, 3.63) is 58.7 Å². The molecule has 0 bridgehead atoms. The van der Waals surface area contributed by atoms with Gasteiger partial charge in [-0.3, -0.25) is 4.79 Å². The third kappa shape index (κ3) is 4.93. The van der Waals surface area contributed by atoms with Gasteiger partial charge in [0.2, 0.25) is 10.0 Å². The van der Waals surface area contributed by atoms with Gasteiger partial charge in [-0.25, -0.2) is 17.9 Å². The van der Waals surface area contributed by atoms with Gasteiger partial charge in [0.15, 0.2) is 0 Å². The lowest BCUT2D eigenvalue weighted by molar-refractivity contribution is 0.0695. The van der Waals surface area contributed by atoms with Gasteiger partial charge < -0.3 is 10.4 Å². The Kier molecular flexibility index (Phi) is 6.02. The Hall–Kier alpha value is -2.71. The quantitative estimate of drug-likeness (QED) is 0.702. The number of hydrogen-bond acceptors (Lipinski definition) is 4. The number of amides is 1. The molecule has 0 spiro atoms. The molecule has 7 nitrogen and oxygen atoms in total. The summed E-state index contributed by atoms with van der Waals surface area (Å²) in [5, 5.41) is 11.9. The summed E-state index contributed by atoms with van der Waals surface area (Å²) in [6.45, 7) is 6.84. The van der Waals surface area contributed by atoms with Crippen molar-refractivity contribution in [2.75, 3.05) is 5.32 Å². The highest BCUT2D eigenvalue weighted by Crippen LogP contribution is 2.22. The molecule has 0 saturated carbocycles. The fourth-order valence-corrected chi connectivity index (χ4v) is 3.89. The molecule has 2 aromatic rings.